The van der Waals surface area contributed by atoms with E-state index < -0.39 is 30.5 Å². The predicted molar refractivity (Wildman–Crippen MR) is 86.0 cm³/mol. The average molecular weight is 377 g/mol. The molecule has 0 aliphatic heterocycles. The summed E-state index contributed by atoms with van der Waals surface area (Å²) in [5, 5.41) is 4.14. The fourth-order valence-corrected chi connectivity index (χ4v) is 2.55. The molecule has 144 valence electrons. The first-order valence-electron chi connectivity index (χ1n) is 8.00. The molecule has 0 bridgehead atoms. The highest BCUT2D eigenvalue weighted by Gasteiger charge is 2.47. The van der Waals surface area contributed by atoms with Crippen molar-refractivity contribution in [2.45, 2.75) is 53.4 Å². The maximum atomic E-state index is 13.1. The molecule has 0 aliphatic carbocycles. The molecular formula is C17H20F5N3O. The van der Waals surface area contributed by atoms with Crippen LogP contribution in [0.25, 0.3) is 11.3 Å². The molecule has 2 aromatic heterocycles. The Morgan fingerprint density at radius 3 is 2.38 bits per heavy atom. The summed E-state index contributed by atoms with van der Waals surface area (Å²) in [5.74, 6) is -0.409. The summed E-state index contributed by atoms with van der Waals surface area (Å²) < 4.78 is 71.0. The fraction of sp³-hybridized carbons (Fsp3) is 0.529. The fourth-order valence-electron chi connectivity index (χ4n) is 2.55. The molecule has 0 radical (unpaired) electrons. The van der Waals surface area contributed by atoms with Gasteiger partial charge in [0.15, 0.2) is 0 Å². The summed E-state index contributed by atoms with van der Waals surface area (Å²) in [5.41, 5.74) is -0.513. The van der Waals surface area contributed by atoms with E-state index in [0.29, 0.717) is 12.2 Å². The number of hydrogen-bond acceptors (Lipinski definition) is 3. The van der Waals surface area contributed by atoms with Crippen molar-refractivity contribution in [2.75, 3.05) is 0 Å². The standard InChI is InChI=1S/C17H20F5N3O/c1-5-25-13(10(2)9-23-25)12-7-6-11(24-14(12)26-15(18)19)8-16(3,4)17(20,21)22/h6-7,9,15H,5,8H2,1-4H3. The molecule has 0 saturated carbocycles. The van der Waals surface area contributed by atoms with E-state index in [2.05, 4.69) is 14.8 Å². The van der Waals surface area contributed by atoms with Gasteiger partial charge in [0, 0.05) is 18.7 Å². The zero-order valence-electron chi connectivity index (χ0n) is 14.9. The second-order valence-corrected chi connectivity index (χ2v) is 6.58. The molecule has 0 unspecified atom stereocenters. The van der Waals surface area contributed by atoms with Crippen LogP contribution >= 0.6 is 0 Å². The van der Waals surface area contributed by atoms with E-state index in [1.807, 2.05) is 6.92 Å². The van der Waals surface area contributed by atoms with Gasteiger partial charge in [-0.2, -0.15) is 27.1 Å². The van der Waals surface area contributed by atoms with Crippen LogP contribution in [0, 0.1) is 12.3 Å². The molecule has 9 heteroatoms. The molecule has 2 aromatic rings. The maximum absolute atomic E-state index is 13.1. The van der Waals surface area contributed by atoms with E-state index in [4.69, 9.17) is 0 Å². The lowest BCUT2D eigenvalue weighted by Crippen LogP contribution is -2.34. The molecule has 26 heavy (non-hydrogen) atoms. The van der Waals surface area contributed by atoms with Crippen LogP contribution in [0.1, 0.15) is 32.0 Å². The Balaban J connectivity index is 2.50. The minimum absolute atomic E-state index is 0.0203. The Labute approximate surface area is 148 Å². The number of nitrogens with zero attached hydrogens (tertiary/aromatic N) is 3. The van der Waals surface area contributed by atoms with Crippen molar-refractivity contribution < 1.29 is 26.7 Å². The van der Waals surface area contributed by atoms with Gasteiger partial charge in [-0.3, -0.25) is 4.68 Å². The lowest BCUT2D eigenvalue weighted by atomic mass is 9.87. The van der Waals surface area contributed by atoms with Crippen molar-refractivity contribution >= 4 is 0 Å². The number of pyridine rings is 1. The van der Waals surface area contributed by atoms with E-state index in [-0.39, 0.29) is 11.3 Å². The number of rotatable bonds is 6. The van der Waals surface area contributed by atoms with Crippen molar-refractivity contribution in [3.8, 4) is 17.1 Å². The Kier molecular flexibility index (Phi) is 5.58. The monoisotopic (exact) mass is 377 g/mol. The van der Waals surface area contributed by atoms with Gasteiger partial charge in [-0.1, -0.05) is 13.8 Å². The van der Waals surface area contributed by atoms with Crippen LogP contribution in [0.2, 0.25) is 0 Å². The first-order chi connectivity index (χ1) is 12.0. The van der Waals surface area contributed by atoms with Gasteiger partial charge >= 0.3 is 12.8 Å². The summed E-state index contributed by atoms with van der Waals surface area (Å²) >= 11 is 0. The van der Waals surface area contributed by atoms with Crippen LogP contribution in [0.5, 0.6) is 5.88 Å². The van der Waals surface area contributed by atoms with Gasteiger partial charge in [0.05, 0.1) is 22.9 Å². The number of aryl methyl sites for hydroxylation is 2. The highest BCUT2D eigenvalue weighted by atomic mass is 19.4. The largest absolute Gasteiger partial charge is 0.416 e. The van der Waals surface area contributed by atoms with Crippen molar-refractivity contribution in [1.29, 1.82) is 0 Å². The van der Waals surface area contributed by atoms with Crippen LogP contribution in [0.3, 0.4) is 0 Å². The van der Waals surface area contributed by atoms with Crippen molar-refractivity contribution in [1.82, 2.24) is 14.8 Å². The highest BCUT2D eigenvalue weighted by Crippen LogP contribution is 2.41. The SMILES string of the molecule is CCn1ncc(C)c1-c1ccc(CC(C)(C)C(F)(F)F)nc1OC(F)F. The Bertz CT molecular complexity index is 768. The molecule has 2 rings (SSSR count). The van der Waals surface area contributed by atoms with Gasteiger partial charge in [-0.25, -0.2) is 4.98 Å². The van der Waals surface area contributed by atoms with Crippen LogP contribution in [-0.2, 0) is 13.0 Å². The topological polar surface area (TPSA) is 39.9 Å². The van der Waals surface area contributed by atoms with Gasteiger partial charge in [-0.05, 0) is 31.5 Å². The lowest BCUT2D eigenvalue weighted by Gasteiger charge is -2.27. The average Bonchev–Trinajstić information content (AvgIpc) is 2.86. The van der Waals surface area contributed by atoms with Crippen LogP contribution < -0.4 is 4.74 Å². The summed E-state index contributed by atoms with van der Waals surface area (Å²) in [7, 11) is 0. The molecule has 2 heterocycles. The van der Waals surface area contributed by atoms with E-state index in [9.17, 15) is 22.0 Å². The van der Waals surface area contributed by atoms with Crippen molar-refractivity contribution in [3.63, 3.8) is 0 Å². The molecule has 0 aromatic carbocycles. The third-order valence-corrected chi connectivity index (χ3v) is 4.09. The van der Waals surface area contributed by atoms with Gasteiger partial charge in [0.2, 0.25) is 5.88 Å². The van der Waals surface area contributed by atoms with Gasteiger partial charge in [0.1, 0.15) is 0 Å². The minimum Gasteiger partial charge on any atom is -0.416 e. The zero-order chi connectivity index (χ0) is 19.7. The van der Waals surface area contributed by atoms with E-state index in [0.717, 1.165) is 19.4 Å². The summed E-state index contributed by atoms with van der Waals surface area (Å²) in [4.78, 5) is 3.94. The number of hydrogen-bond donors (Lipinski definition) is 0. The number of ether oxygens (including phenoxy) is 1. The van der Waals surface area contributed by atoms with E-state index in [1.54, 1.807) is 17.8 Å². The first kappa shape index (κ1) is 20.1. The number of alkyl halides is 5. The second-order valence-electron chi connectivity index (χ2n) is 6.58. The van der Waals surface area contributed by atoms with Gasteiger partial charge in [0.25, 0.3) is 0 Å². The molecular weight excluding hydrogens is 357 g/mol. The van der Waals surface area contributed by atoms with Crippen molar-refractivity contribution in [3.05, 3.63) is 29.6 Å². The summed E-state index contributed by atoms with van der Waals surface area (Å²) in [6, 6.07) is 2.84. The lowest BCUT2D eigenvalue weighted by molar-refractivity contribution is -0.211. The van der Waals surface area contributed by atoms with Crippen LogP contribution in [0.4, 0.5) is 22.0 Å². The van der Waals surface area contributed by atoms with E-state index >= 15 is 0 Å². The molecule has 0 aliphatic rings. The molecule has 0 N–H and O–H groups in total. The normalized spacial score (nSPS) is 12.7. The Morgan fingerprint density at radius 1 is 1.19 bits per heavy atom. The third-order valence-electron chi connectivity index (χ3n) is 4.09. The predicted octanol–water partition coefficient (Wildman–Crippen LogP) is 5.01. The zero-order valence-corrected chi connectivity index (χ0v) is 14.9. The quantitative estimate of drug-likeness (QED) is 0.665. The molecule has 4 nitrogen and oxygen atoms in total. The maximum Gasteiger partial charge on any atom is 0.394 e. The smallest absolute Gasteiger partial charge is 0.394 e. The molecule has 0 atom stereocenters. The molecule has 0 saturated heterocycles. The Morgan fingerprint density at radius 2 is 1.85 bits per heavy atom. The molecule has 0 fully saturated rings. The minimum atomic E-state index is -4.45. The summed E-state index contributed by atoms with van der Waals surface area (Å²) in [6.07, 6.45) is -3.33. The number of aromatic nitrogens is 3. The first-order valence-corrected chi connectivity index (χ1v) is 8.00. The van der Waals surface area contributed by atoms with E-state index in [1.165, 1.54) is 12.1 Å². The highest BCUT2D eigenvalue weighted by molar-refractivity contribution is 5.68. The number of halogens is 5. The molecule has 0 amide bonds. The third kappa shape index (κ3) is 4.13. The van der Waals surface area contributed by atoms with Gasteiger partial charge in [-0.15, -0.1) is 0 Å². The molecule has 0 spiro atoms. The Hall–Kier alpha value is -2.19. The van der Waals surface area contributed by atoms with Gasteiger partial charge < -0.3 is 4.74 Å². The van der Waals surface area contributed by atoms with Crippen molar-refractivity contribution in [2.24, 2.45) is 5.41 Å². The van der Waals surface area contributed by atoms with Crippen LogP contribution in [0.15, 0.2) is 18.3 Å². The summed E-state index contributed by atoms with van der Waals surface area (Å²) in [6.45, 7) is 2.99. The second kappa shape index (κ2) is 7.20. The van der Waals surface area contributed by atoms with Crippen LogP contribution in [-0.4, -0.2) is 27.6 Å².